The maximum absolute atomic E-state index is 14.0. The van der Waals surface area contributed by atoms with Gasteiger partial charge in [0, 0.05) is 41.7 Å². The van der Waals surface area contributed by atoms with Crippen LogP contribution in [0.2, 0.25) is 0 Å². The van der Waals surface area contributed by atoms with Gasteiger partial charge in [-0.15, -0.1) is 0 Å². The molecule has 3 atom stereocenters. The van der Waals surface area contributed by atoms with E-state index in [0.29, 0.717) is 34.7 Å². The summed E-state index contributed by atoms with van der Waals surface area (Å²) in [6.07, 6.45) is 2.53. The number of aliphatic hydroxyl groups excluding tert-OH is 2. The van der Waals surface area contributed by atoms with E-state index in [1.165, 1.54) is 6.07 Å². The van der Waals surface area contributed by atoms with Crippen LogP contribution in [0, 0.1) is 0 Å². The standard InChI is InChI=1S/C27H32ClFN2O4/c1-17(30-15-26(34)20-8-9-25(33)21(13-20)16-32)10-18-4-2-5-19(11-18)12-27(35)31-14-22-23(28)6-3-7-24(22)29/h2-6,8-9,11,13,17,24,26,30,32-34H,7,10,12,14-16H2,1H3,(H,31,35)/t17-,24?,26+/m1/s1. The van der Waals surface area contributed by atoms with Gasteiger partial charge in [0.05, 0.1) is 19.1 Å². The molecule has 0 heterocycles. The van der Waals surface area contributed by atoms with E-state index in [9.17, 15) is 24.5 Å². The Bertz CT molecular complexity index is 1090. The monoisotopic (exact) mass is 502 g/mol. The molecular formula is C27H32ClFN2O4. The molecule has 6 nitrogen and oxygen atoms in total. The summed E-state index contributed by atoms with van der Waals surface area (Å²) in [5.41, 5.74) is 3.28. The predicted octanol–water partition coefficient (Wildman–Crippen LogP) is 3.59. The molecule has 5 N–H and O–H groups in total. The van der Waals surface area contributed by atoms with Crippen molar-refractivity contribution in [2.24, 2.45) is 0 Å². The number of amides is 1. The molecule has 188 valence electrons. The summed E-state index contributed by atoms with van der Waals surface area (Å²) < 4.78 is 14.0. The number of aromatic hydroxyl groups is 1. The number of allylic oxidation sites excluding steroid dienone is 3. The molecule has 0 saturated carbocycles. The predicted molar refractivity (Wildman–Crippen MR) is 135 cm³/mol. The third-order valence-corrected chi connectivity index (χ3v) is 6.35. The number of alkyl halides is 1. The third kappa shape index (κ3) is 7.90. The highest BCUT2D eigenvalue weighted by atomic mass is 35.5. The Morgan fingerprint density at radius 1 is 1.23 bits per heavy atom. The van der Waals surface area contributed by atoms with E-state index in [1.807, 2.05) is 31.2 Å². The van der Waals surface area contributed by atoms with Crippen LogP contribution in [-0.4, -0.2) is 46.5 Å². The Kier molecular flexibility index (Phi) is 9.86. The highest BCUT2D eigenvalue weighted by Crippen LogP contribution is 2.24. The lowest BCUT2D eigenvalue weighted by molar-refractivity contribution is -0.120. The molecule has 0 fully saturated rings. The highest BCUT2D eigenvalue weighted by Gasteiger charge is 2.19. The molecule has 0 radical (unpaired) electrons. The molecule has 0 spiro atoms. The fraction of sp³-hybridized carbons (Fsp3) is 0.370. The highest BCUT2D eigenvalue weighted by molar-refractivity contribution is 6.31. The van der Waals surface area contributed by atoms with E-state index in [0.717, 1.165) is 11.1 Å². The van der Waals surface area contributed by atoms with Crippen molar-refractivity contribution in [2.45, 2.75) is 51.1 Å². The van der Waals surface area contributed by atoms with E-state index >= 15 is 0 Å². The topological polar surface area (TPSA) is 102 Å². The summed E-state index contributed by atoms with van der Waals surface area (Å²) in [6.45, 7) is 2.10. The number of halogens is 2. The van der Waals surface area contributed by atoms with Gasteiger partial charge in [0.25, 0.3) is 0 Å². The molecule has 2 aromatic rings. The van der Waals surface area contributed by atoms with Gasteiger partial charge in [0.1, 0.15) is 11.9 Å². The number of aliphatic hydroxyl groups is 2. The molecule has 0 saturated heterocycles. The first-order valence-corrected chi connectivity index (χ1v) is 12.0. The molecule has 1 amide bonds. The molecule has 0 aliphatic heterocycles. The van der Waals surface area contributed by atoms with E-state index in [-0.39, 0.29) is 43.7 Å². The van der Waals surface area contributed by atoms with Gasteiger partial charge in [-0.25, -0.2) is 4.39 Å². The number of phenols is 1. The number of carbonyl (C=O) groups excluding carboxylic acids is 1. The van der Waals surface area contributed by atoms with Crippen LogP contribution < -0.4 is 10.6 Å². The first-order valence-electron chi connectivity index (χ1n) is 11.6. The van der Waals surface area contributed by atoms with E-state index < -0.39 is 12.3 Å². The summed E-state index contributed by atoms with van der Waals surface area (Å²) in [7, 11) is 0. The fourth-order valence-corrected chi connectivity index (χ4v) is 4.26. The molecule has 1 aliphatic rings. The molecule has 35 heavy (non-hydrogen) atoms. The second kappa shape index (κ2) is 12.8. The van der Waals surface area contributed by atoms with Crippen molar-refractivity contribution in [1.29, 1.82) is 0 Å². The van der Waals surface area contributed by atoms with Gasteiger partial charge >= 0.3 is 0 Å². The molecule has 2 aromatic carbocycles. The summed E-state index contributed by atoms with van der Waals surface area (Å²) in [5.74, 6) is -0.205. The van der Waals surface area contributed by atoms with Crippen molar-refractivity contribution < 1.29 is 24.5 Å². The zero-order chi connectivity index (χ0) is 25.4. The Morgan fingerprint density at radius 3 is 2.74 bits per heavy atom. The van der Waals surface area contributed by atoms with Crippen LogP contribution in [0.15, 0.2) is 65.2 Å². The van der Waals surface area contributed by atoms with Crippen molar-refractivity contribution in [3.63, 3.8) is 0 Å². The van der Waals surface area contributed by atoms with Crippen LogP contribution in [-0.2, 0) is 24.2 Å². The van der Waals surface area contributed by atoms with E-state index in [4.69, 9.17) is 11.6 Å². The average molecular weight is 503 g/mol. The van der Waals surface area contributed by atoms with Gasteiger partial charge < -0.3 is 26.0 Å². The number of hydrogen-bond donors (Lipinski definition) is 5. The van der Waals surface area contributed by atoms with E-state index in [2.05, 4.69) is 10.6 Å². The Hall–Kier alpha value is -2.71. The van der Waals surface area contributed by atoms with Crippen LogP contribution >= 0.6 is 11.6 Å². The van der Waals surface area contributed by atoms with Gasteiger partial charge in [0.2, 0.25) is 5.91 Å². The average Bonchev–Trinajstić information content (AvgIpc) is 2.82. The third-order valence-electron chi connectivity index (χ3n) is 5.98. The van der Waals surface area contributed by atoms with Crippen LogP contribution in [0.1, 0.15) is 41.7 Å². The number of benzene rings is 2. The molecule has 1 aliphatic carbocycles. The number of hydrogen-bond acceptors (Lipinski definition) is 5. The first kappa shape index (κ1) is 26.9. The molecule has 3 rings (SSSR count). The SMILES string of the molecule is C[C@H](Cc1cccc(CC(=O)NCC2=C(Cl)C=CCC2F)c1)NC[C@H](O)c1ccc(O)c(CO)c1. The molecule has 1 unspecified atom stereocenters. The lowest BCUT2D eigenvalue weighted by Crippen LogP contribution is -2.32. The van der Waals surface area contributed by atoms with Gasteiger partial charge in [0.15, 0.2) is 0 Å². The minimum atomic E-state index is -1.17. The van der Waals surface area contributed by atoms with E-state index in [1.54, 1.807) is 24.3 Å². The zero-order valence-corrected chi connectivity index (χ0v) is 20.4. The molecule has 0 bridgehead atoms. The Balaban J connectivity index is 1.48. The van der Waals surface area contributed by atoms with Crippen molar-refractivity contribution in [3.05, 3.63) is 87.5 Å². The quantitative estimate of drug-likeness (QED) is 0.323. The lowest BCUT2D eigenvalue weighted by Gasteiger charge is -2.19. The summed E-state index contributed by atoms with van der Waals surface area (Å²) in [5, 5.41) is 35.8. The summed E-state index contributed by atoms with van der Waals surface area (Å²) in [6, 6.07) is 12.5. The largest absolute Gasteiger partial charge is 0.508 e. The van der Waals surface area contributed by atoms with Crippen LogP contribution in [0.5, 0.6) is 5.75 Å². The van der Waals surface area contributed by atoms with Gasteiger partial charge in [-0.05, 0) is 48.2 Å². The first-order chi connectivity index (χ1) is 16.8. The second-order valence-electron chi connectivity index (χ2n) is 8.83. The van der Waals surface area contributed by atoms with Crippen molar-refractivity contribution in [3.8, 4) is 5.75 Å². The fourth-order valence-electron chi connectivity index (χ4n) is 3.99. The van der Waals surface area contributed by atoms with Crippen LogP contribution in [0.3, 0.4) is 0 Å². The number of nitrogens with one attached hydrogen (secondary N) is 2. The Labute approximate surface area is 210 Å². The Morgan fingerprint density at radius 2 is 2.00 bits per heavy atom. The second-order valence-corrected chi connectivity index (χ2v) is 9.23. The molecule has 0 aromatic heterocycles. The number of carbonyl (C=O) groups is 1. The summed E-state index contributed by atoms with van der Waals surface area (Å²) >= 11 is 6.05. The molecule has 8 heteroatoms. The number of rotatable bonds is 11. The smallest absolute Gasteiger partial charge is 0.224 e. The van der Waals surface area contributed by atoms with Crippen LogP contribution in [0.25, 0.3) is 0 Å². The van der Waals surface area contributed by atoms with Gasteiger partial charge in [-0.2, -0.15) is 0 Å². The van der Waals surface area contributed by atoms with Gasteiger partial charge in [-0.1, -0.05) is 48.0 Å². The summed E-state index contributed by atoms with van der Waals surface area (Å²) in [4.78, 5) is 12.4. The molecular weight excluding hydrogens is 471 g/mol. The lowest BCUT2D eigenvalue weighted by atomic mass is 10.0. The van der Waals surface area contributed by atoms with Crippen LogP contribution in [0.4, 0.5) is 4.39 Å². The van der Waals surface area contributed by atoms with Crippen molar-refractivity contribution in [2.75, 3.05) is 13.1 Å². The minimum absolute atomic E-state index is 0.00280. The van der Waals surface area contributed by atoms with Crippen molar-refractivity contribution in [1.82, 2.24) is 10.6 Å². The normalized spacial score (nSPS) is 17.3. The van der Waals surface area contributed by atoms with Crippen molar-refractivity contribution >= 4 is 17.5 Å². The van der Waals surface area contributed by atoms with Gasteiger partial charge in [-0.3, -0.25) is 4.79 Å². The minimum Gasteiger partial charge on any atom is -0.508 e. The zero-order valence-electron chi connectivity index (χ0n) is 19.7. The maximum atomic E-state index is 14.0. The maximum Gasteiger partial charge on any atom is 0.224 e.